The Labute approximate surface area is 158 Å². The molecule has 0 spiro atoms. The Morgan fingerprint density at radius 2 is 2.11 bits per heavy atom. The van der Waals surface area contributed by atoms with Crippen LogP contribution in [0.1, 0.15) is 10.4 Å². The molecule has 0 aliphatic carbocycles. The monoisotopic (exact) mass is 388 g/mol. The number of rotatable bonds is 5. The molecular weight excluding hydrogens is 375 g/mol. The minimum Gasteiger partial charge on any atom is -0.395 e. The van der Waals surface area contributed by atoms with Crippen LogP contribution in [0.4, 0.5) is 4.39 Å². The maximum atomic E-state index is 14.3. The molecule has 2 aromatic heterocycles. The Bertz CT molecular complexity index is 1040. The molecule has 0 radical (unpaired) electrons. The highest BCUT2D eigenvalue weighted by atomic mass is 35.5. The van der Waals surface area contributed by atoms with Crippen molar-refractivity contribution in [2.24, 2.45) is 0 Å². The summed E-state index contributed by atoms with van der Waals surface area (Å²) < 4.78 is 15.3. The fourth-order valence-corrected chi connectivity index (χ4v) is 2.56. The second-order valence-corrected chi connectivity index (χ2v) is 5.91. The summed E-state index contributed by atoms with van der Waals surface area (Å²) in [4.78, 5) is 29.0. The standard InChI is InChI=1S/C18H14ClFN4O3/c19-11-3-4-13(15(20)8-11)16-9-14(17(26)22-6-7-25)18(27)24(23-16)12-2-1-5-21-10-12/h1-5,8-10,25H,6-7H2,(H,22,26). The van der Waals surface area contributed by atoms with Crippen LogP contribution < -0.4 is 10.9 Å². The number of benzene rings is 1. The molecule has 7 nitrogen and oxygen atoms in total. The van der Waals surface area contributed by atoms with Gasteiger partial charge in [-0.3, -0.25) is 14.6 Å². The Hall–Kier alpha value is -3.10. The first-order valence-corrected chi connectivity index (χ1v) is 8.28. The molecule has 9 heteroatoms. The molecule has 0 aliphatic rings. The number of amides is 1. The number of carbonyl (C=O) groups excluding carboxylic acids is 1. The van der Waals surface area contributed by atoms with Gasteiger partial charge in [0.15, 0.2) is 0 Å². The zero-order chi connectivity index (χ0) is 19.4. The maximum Gasteiger partial charge on any atom is 0.284 e. The molecule has 0 unspecified atom stereocenters. The van der Waals surface area contributed by atoms with E-state index in [0.717, 1.165) is 10.7 Å². The van der Waals surface area contributed by atoms with Crippen molar-refractivity contribution in [3.05, 3.63) is 75.5 Å². The number of nitrogens with zero attached hydrogens (tertiary/aromatic N) is 3. The summed E-state index contributed by atoms with van der Waals surface area (Å²) in [7, 11) is 0. The lowest BCUT2D eigenvalue weighted by Crippen LogP contribution is -2.35. The molecule has 0 aliphatic heterocycles. The predicted molar refractivity (Wildman–Crippen MR) is 97.5 cm³/mol. The first-order valence-electron chi connectivity index (χ1n) is 7.90. The van der Waals surface area contributed by atoms with Crippen LogP contribution in [0.5, 0.6) is 0 Å². The largest absolute Gasteiger partial charge is 0.395 e. The van der Waals surface area contributed by atoms with E-state index in [1.807, 2.05) is 0 Å². The number of nitrogens with one attached hydrogen (secondary N) is 1. The van der Waals surface area contributed by atoms with E-state index in [9.17, 15) is 14.0 Å². The molecule has 0 saturated carbocycles. The number of aromatic nitrogens is 3. The number of carbonyl (C=O) groups is 1. The zero-order valence-corrected chi connectivity index (χ0v) is 14.7. The predicted octanol–water partition coefficient (Wildman–Crippen LogP) is 1.81. The first kappa shape index (κ1) is 18.7. The lowest BCUT2D eigenvalue weighted by atomic mass is 10.1. The highest BCUT2D eigenvalue weighted by Gasteiger charge is 2.18. The number of aliphatic hydroxyl groups excluding tert-OH is 1. The molecule has 138 valence electrons. The topological polar surface area (TPSA) is 97.1 Å². The van der Waals surface area contributed by atoms with Gasteiger partial charge in [-0.15, -0.1) is 0 Å². The second kappa shape index (κ2) is 8.07. The molecule has 0 fully saturated rings. The third-order valence-corrected chi connectivity index (χ3v) is 3.89. The van der Waals surface area contributed by atoms with Crippen LogP contribution >= 0.6 is 11.6 Å². The van der Waals surface area contributed by atoms with Gasteiger partial charge in [-0.1, -0.05) is 11.6 Å². The lowest BCUT2D eigenvalue weighted by molar-refractivity contribution is 0.0942. The van der Waals surface area contributed by atoms with Crippen molar-refractivity contribution in [1.82, 2.24) is 20.1 Å². The van der Waals surface area contributed by atoms with Crippen LogP contribution in [-0.4, -0.2) is 38.9 Å². The van der Waals surface area contributed by atoms with Gasteiger partial charge in [0, 0.05) is 23.3 Å². The van der Waals surface area contributed by atoms with Gasteiger partial charge in [-0.05, 0) is 36.4 Å². The average Bonchev–Trinajstić information content (AvgIpc) is 2.67. The van der Waals surface area contributed by atoms with Gasteiger partial charge in [0.1, 0.15) is 11.4 Å². The summed E-state index contributed by atoms with van der Waals surface area (Å²) in [6.45, 7) is -0.315. The van der Waals surface area contributed by atoms with Crippen molar-refractivity contribution in [3.63, 3.8) is 0 Å². The van der Waals surface area contributed by atoms with E-state index < -0.39 is 17.3 Å². The number of halogens is 2. The van der Waals surface area contributed by atoms with Gasteiger partial charge in [0.05, 0.1) is 24.2 Å². The van der Waals surface area contributed by atoms with Crippen molar-refractivity contribution in [1.29, 1.82) is 0 Å². The summed E-state index contributed by atoms with van der Waals surface area (Å²) in [6.07, 6.45) is 2.91. The van der Waals surface area contributed by atoms with E-state index >= 15 is 0 Å². The Morgan fingerprint density at radius 3 is 2.78 bits per heavy atom. The van der Waals surface area contributed by atoms with Crippen molar-refractivity contribution >= 4 is 17.5 Å². The van der Waals surface area contributed by atoms with Gasteiger partial charge in [0.2, 0.25) is 0 Å². The van der Waals surface area contributed by atoms with Crippen molar-refractivity contribution in [3.8, 4) is 16.9 Å². The summed E-state index contributed by atoms with van der Waals surface area (Å²) in [6, 6.07) is 8.39. The number of pyridine rings is 1. The summed E-state index contributed by atoms with van der Waals surface area (Å²) in [5, 5.41) is 15.7. The summed E-state index contributed by atoms with van der Waals surface area (Å²) in [5.41, 5.74) is -0.479. The van der Waals surface area contributed by atoms with E-state index in [1.54, 1.807) is 12.1 Å². The van der Waals surface area contributed by atoms with E-state index in [2.05, 4.69) is 15.4 Å². The summed E-state index contributed by atoms with van der Waals surface area (Å²) >= 11 is 5.78. The fourth-order valence-electron chi connectivity index (χ4n) is 2.40. The van der Waals surface area contributed by atoms with E-state index in [1.165, 1.54) is 30.6 Å². The third kappa shape index (κ3) is 4.02. The minimum absolute atomic E-state index is 0.0296. The zero-order valence-electron chi connectivity index (χ0n) is 13.9. The number of aliphatic hydroxyl groups is 1. The van der Waals surface area contributed by atoms with Crippen LogP contribution in [0.2, 0.25) is 5.02 Å². The lowest BCUT2D eigenvalue weighted by Gasteiger charge is -2.11. The quantitative estimate of drug-likeness (QED) is 0.694. The van der Waals surface area contributed by atoms with Gasteiger partial charge < -0.3 is 10.4 Å². The van der Waals surface area contributed by atoms with E-state index in [4.69, 9.17) is 16.7 Å². The second-order valence-electron chi connectivity index (χ2n) is 5.48. The molecule has 27 heavy (non-hydrogen) atoms. The van der Waals surface area contributed by atoms with Crippen molar-refractivity contribution in [2.45, 2.75) is 0 Å². The third-order valence-electron chi connectivity index (χ3n) is 3.65. The SMILES string of the molecule is O=C(NCCO)c1cc(-c2ccc(Cl)cc2F)nn(-c2cccnc2)c1=O. The van der Waals surface area contributed by atoms with Crippen LogP contribution in [0, 0.1) is 5.82 Å². The average molecular weight is 389 g/mol. The van der Waals surface area contributed by atoms with Crippen LogP contribution in [0.3, 0.4) is 0 Å². The minimum atomic E-state index is -0.704. The molecule has 0 saturated heterocycles. The van der Waals surface area contributed by atoms with Crippen LogP contribution in [-0.2, 0) is 0 Å². The van der Waals surface area contributed by atoms with Gasteiger partial charge in [-0.2, -0.15) is 9.78 Å². The van der Waals surface area contributed by atoms with Gasteiger partial charge in [-0.25, -0.2) is 4.39 Å². The first-order chi connectivity index (χ1) is 13.0. The highest BCUT2D eigenvalue weighted by molar-refractivity contribution is 6.30. The maximum absolute atomic E-state index is 14.3. The van der Waals surface area contributed by atoms with Crippen LogP contribution in [0.25, 0.3) is 16.9 Å². The Balaban J connectivity index is 2.22. The molecular formula is C18H14ClFN4O3. The molecule has 0 atom stereocenters. The van der Waals surface area contributed by atoms with Gasteiger partial charge in [0.25, 0.3) is 11.5 Å². The molecule has 1 amide bonds. The molecule has 3 aromatic rings. The number of hydrogen-bond acceptors (Lipinski definition) is 5. The normalized spacial score (nSPS) is 10.6. The molecule has 0 bridgehead atoms. The van der Waals surface area contributed by atoms with Gasteiger partial charge >= 0.3 is 0 Å². The highest BCUT2D eigenvalue weighted by Crippen LogP contribution is 2.24. The molecule has 2 N–H and O–H groups in total. The Kier molecular flexibility index (Phi) is 5.58. The van der Waals surface area contributed by atoms with Crippen molar-refractivity contribution < 1.29 is 14.3 Å². The fraction of sp³-hybridized carbons (Fsp3) is 0.111. The smallest absolute Gasteiger partial charge is 0.284 e. The van der Waals surface area contributed by atoms with Crippen LogP contribution in [0.15, 0.2) is 53.6 Å². The number of hydrogen-bond donors (Lipinski definition) is 2. The van der Waals surface area contributed by atoms with Crippen molar-refractivity contribution in [2.75, 3.05) is 13.2 Å². The van der Waals surface area contributed by atoms with E-state index in [0.29, 0.717) is 5.69 Å². The summed E-state index contributed by atoms with van der Waals surface area (Å²) in [5.74, 6) is -1.35. The van der Waals surface area contributed by atoms with E-state index in [-0.39, 0.29) is 35.0 Å². The molecule has 3 rings (SSSR count). The molecule has 1 aromatic carbocycles. The Morgan fingerprint density at radius 1 is 1.30 bits per heavy atom. The molecule has 2 heterocycles.